The van der Waals surface area contributed by atoms with Crippen LogP contribution in [-0.2, 0) is 10.0 Å². The number of primary sulfonamides is 1. The molecule has 0 bridgehead atoms. The first kappa shape index (κ1) is 15.9. The Hall–Kier alpha value is -2.12. The standard InChI is InChI=1S/C13H16N2O4S/c1-3-7-15(8-4-2)12-6-5-10(20(14,18)19)9-11(12)13(16)17/h3-6,9H,1-2,7-8H2,(H,16,17)(H2,14,18,19). The highest BCUT2D eigenvalue weighted by Gasteiger charge is 2.18. The van der Waals surface area contributed by atoms with Crippen LogP contribution in [0.1, 0.15) is 10.4 Å². The molecule has 7 heteroatoms. The third-order valence-corrected chi connectivity index (χ3v) is 3.48. The second-order valence-corrected chi connectivity index (χ2v) is 5.57. The molecule has 0 aliphatic carbocycles. The van der Waals surface area contributed by atoms with E-state index in [1.54, 1.807) is 17.1 Å². The lowest BCUT2D eigenvalue weighted by Crippen LogP contribution is -2.25. The smallest absolute Gasteiger partial charge is 0.337 e. The zero-order valence-corrected chi connectivity index (χ0v) is 11.6. The molecular formula is C13H16N2O4S. The van der Waals surface area contributed by atoms with Crippen LogP contribution in [0.4, 0.5) is 5.69 Å². The molecule has 0 radical (unpaired) electrons. The average molecular weight is 296 g/mol. The minimum absolute atomic E-state index is 0.139. The molecule has 0 aliphatic rings. The Labute approximate surface area is 117 Å². The zero-order valence-electron chi connectivity index (χ0n) is 10.8. The fourth-order valence-electron chi connectivity index (χ4n) is 1.72. The average Bonchev–Trinajstić information content (AvgIpc) is 2.36. The molecule has 0 aromatic heterocycles. The number of hydrogen-bond donors (Lipinski definition) is 2. The largest absolute Gasteiger partial charge is 0.478 e. The molecule has 1 aromatic rings. The molecule has 0 fully saturated rings. The van der Waals surface area contributed by atoms with Crippen LogP contribution in [0.15, 0.2) is 48.4 Å². The predicted molar refractivity (Wildman–Crippen MR) is 77.4 cm³/mol. The van der Waals surface area contributed by atoms with Gasteiger partial charge in [0, 0.05) is 13.1 Å². The molecule has 108 valence electrons. The van der Waals surface area contributed by atoms with Crippen molar-refractivity contribution >= 4 is 21.7 Å². The van der Waals surface area contributed by atoms with Gasteiger partial charge in [0.25, 0.3) is 0 Å². The second-order valence-electron chi connectivity index (χ2n) is 4.01. The summed E-state index contributed by atoms with van der Waals surface area (Å²) in [6.07, 6.45) is 3.23. The second kappa shape index (κ2) is 6.36. The van der Waals surface area contributed by atoms with Crippen molar-refractivity contribution in [1.82, 2.24) is 0 Å². The van der Waals surface area contributed by atoms with Crippen LogP contribution >= 0.6 is 0 Å². The monoisotopic (exact) mass is 296 g/mol. The summed E-state index contributed by atoms with van der Waals surface area (Å²) >= 11 is 0. The van der Waals surface area contributed by atoms with Crippen molar-refractivity contribution in [3.63, 3.8) is 0 Å². The van der Waals surface area contributed by atoms with Crippen molar-refractivity contribution in [2.45, 2.75) is 4.90 Å². The van der Waals surface area contributed by atoms with Gasteiger partial charge < -0.3 is 10.0 Å². The van der Waals surface area contributed by atoms with Crippen molar-refractivity contribution in [1.29, 1.82) is 0 Å². The summed E-state index contributed by atoms with van der Waals surface area (Å²) in [5.74, 6) is -1.23. The molecule has 0 spiro atoms. The maximum Gasteiger partial charge on any atom is 0.337 e. The lowest BCUT2D eigenvalue weighted by Gasteiger charge is -2.23. The normalized spacial score (nSPS) is 10.8. The minimum atomic E-state index is -3.95. The molecule has 0 heterocycles. The Kier molecular flexibility index (Phi) is 5.06. The van der Waals surface area contributed by atoms with Crippen molar-refractivity contribution < 1.29 is 18.3 Å². The minimum Gasteiger partial charge on any atom is -0.478 e. The fourth-order valence-corrected chi connectivity index (χ4v) is 2.26. The topological polar surface area (TPSA) is 101 Å². The fraction of sp³-hybridized carbons (Fsp3) is 0.154. The van der Waals surface area contributed by atoms with Crippen LogP contribution < -0.4 is 10.0 Å². The summed E-state index contributed by atoms with van der Waals surface area (Å²) in [5.41, 5.74) is 0.241. The number of sulfonamides is 1. The number of carbonyl (C=O) groups is 1. The first-order chi connectivity index (χ1) is 9.31. The van der Waals surface area contributed by atoms with E-state index in [4.69, 9.17) is 5.14 Å². The molecule has 0 amide bonds. The van der Waals surface area contributed by atoms with Gasteiger partial charge in [0.1, 0.15) is 0 Å². The van der Waals surface area contributed by atoms with Crippen LogP contribution in [0, 0.1) is 0 Å². The van der Waals surface area contributed by atoms with Gasteiger partial charge in [-0.05, 0) is 18.2 Å². The van der Waals surface area contributed by atoms with Gasteiger partial charge in [-0.3, -0.25) is 0 Å². The van der Waals surface area contributed by atoms with E-state index in [1.807, 2.05) is 0 Å². The SMILES string of the molecule is C=CCN(CC=C)c1ccc(S(N)(=O)=O)cc1C(=O)O. The first-order valence-electron chi connectivity index (χ1n) is 5.68. The quantitative estimate of drug-likeness (QED) is 0.737. The van der Waals surface area contributed by atoms with Gasteiger partial charge >= 0.3 is 5.97 Å². The summed E-state index contributed by atoms with van der Waals surface area (Å²) in [6, 6.07) is 3.73. The van der Waals surface area contributed by atoms with Gasteiger partial charge in [0.15, 0.2) is 0 Å². The number of carboxylic acids is 1. The maximum absolute atomic E-state index is 11.3. The number of benzene rings is 1. The molecule has 0 aliphatic heterocycles. The molecule has 0 atom stereocenters. The van der Waals surface area contributed by atoms with Crippen LogP contribution in [0.3, 0.4) is 0 Å². The lowest BCUT2D eigenvalue weighted by atomic mass is 10.1. The van der Waals surface area contributed by atoms with Crippen LogP contribution in [-0.4, -0.2) is 32.6 Å². The number of rotatable bonds is 7. The molecule has 1 aromatic carbocycles. The third kappa shape index (κ3) is 3.69. The molecule has 0 unspecified atom stereocenters. The van der Waals surface area contributed by atoms with Gasteiger partial charge in [-0.2, -0.15) is 0 Å². The van der Waals surface area contributed by atoms with Crippen molar-refractivity contribution in [2.75, 3.05) is 18.0 Å². The van der Waals surface area contributed by atoms with Crippen molar-refractivity contribution in [2.24, 2.45) is 5.14 Å². The van der Waals surface area contributed by atoms with Crippen molar-refractivity contribution in [3.8, 4) is 0 Å². The van der Waals surface area contributed by atoms with Gasteiger partial charge in [-0.25, -0.2) is 18.4 Å². The van der Waals surface area contributed by atoms with Gasteiger partial charge in [-0.15, -0.1) is 13.2 Å². The third-order valence-electron chi connectivity index (χ3n) is 2.57. The van der Waals surface area contributed by atoms with E-state index < -0.39 is 16.0 Å². The first-order valence-corrected chi connectivity index (χ1v) is 7.22. The van der Waals surface area contributed by atoms with Crippen LogP contribution in [0.25, 0.3) is 0 Å². The molecule has 3 N–H and O–H groups in total. The number of anilines is 1. The predicted octanol–water partition coefficient (Wildman–Crippen LogP) is 1.21. The number of carboxylic acid groups (broad SMARTS) is 1. The molecule has 0 saturated carbocycles. The Bertz CT molecular complexity index is 628. The van der Waals surface area contributed by atoms with E-state index in [2.05, 4.69) is 13.2 Å². The molecule has 20 heavy (non-hydrogen) atoms. The zero-order chi connectivity index (χ0) is 15.3. The Morgan fingerprint density at radius 3 is 2.25 bits per heavy atom. The Morgan fingerprint density at radius 2 is 1.85 bits per heavy atom. The van der Waals surface area contributed by atoms with Gasteiger partial charge in [0.2, 0.25) is 10.0 Å². The molecule has 0 saturated heterocycles. The summed E-state index contributed by atoms with van der Waals surface area (Å²) in [6.45, 7) is 8.01. The Balaban J connectivity index is 3.42. The number of nitrogens with zero attached hydrogens (tertiary/aromatic N) is 1. The van der Waals surface area contributed by atoms with Crippen molar-refractivity contribution in [3.05, 3.63) is 49.1 Å². The van der Waals surface area contributed by atoms with Crippen LogP contribution in [0.5, 0.6) is 0 Å². The summed E-state index contributed by atoms with van der Waals surface area (Å²) in [7, 11) is -3.95. The highest BCUT2D eigenvalue weighted by molar-refractivity contribution is 7.89. The highest BCUT2D eigenvalue weighted by Crippen LogP contribution is 2.24. The van der Waals surface area contributed by atoms with E-state index in [0.717, 1.165) is 6.07 Å². The van der Waals surface area contributed by atoms with E-state index in [9.17, 15) is 18.3 Å². The summed E-state index contributed by atoms with van der Waals surface area (Å²) in [4.78, 5) is 12.8. The number of nitrogens with two attached hydrogens (primary N) is 1. The molecule has 6 nitrogen and oxygen atoms in total. The van der Waals surface area contributed by atoms with Crippen LogP contribution in [0.2, 0.25) is 0 Å². The maximum atomic E-state index is 11.3. The Morgan fingerprint density at radius 1 is 1.30 bits per heavy atom. The molecular weight excluding hydrogens is 280 g/mol. The van der Waals surface area contributed by atoms with E-state index in [0.29, 0.717) is 18.8 Å². The number of hydrogen-bond acceptors (Lipinski definition) is 4. The van der Waals surface area contributed by atoms with E-state index in [-0.39, 0.29) is 10.5 Å². The summed E-state index contributed by atoms with van der Waals surface area (Å²) in [5, 5.41) is 14.2. The summed E-state index contributed by atoms with van der Waals surface area (Å²) < 4.78 is 22.6. The molecule has 1 rings (SSSR count). The van der Waals surface area contributed by atoms with E-state index in [1.165, 1.54) is 12.1 Å². The van der Waals surface area contributed by atoms with Gasteiger partial charge in [0.05, 0.1) is 16.1 Å². The number of aromatic carboxylic acids is 1. The lowest BCUT2D eigenvalue weighted by molar-refractivity contribution is 0.0697. The van der Waals surface area contributed by atoms with Gasteiger partial charge in [-0.1, -0.05) is 12.2 Å². The highest BCUT2D eigenvalue weighted by atomic mass is 32.2. The van der Waals surface area contributed by atoms with E-state index >= 15 is 0 Å².